The van der Waals surface area contributed by atoms with Gasteiger partial charge in [-0.2, -0.15) is 0 Å². The second-order valence-electron chi connectivity index (χ2n) is 7.15. The smallest absolute Gasteiger partial charge is 0.238 e. The van der Waals surface area contributed by atoms with Crippen molar-refractivity contribution in [3.8, 4) is 11.4 Å². The molecular formula is C23H24N4O3S. The van der Waals surface area contributed by atoms with E-state index in [1.54, 1.807) is 6.07 Å². The summed E-state index contributed by atoms with van der Waals surface area (Å²) >= 11 is 0. The van der Waals surface area contributed by atoms with E-state index in [0.717, 1.165) is 35.5 Å². The molecule has 0 unspecified atom stereocenters. The fraction of sp³-hybridized carbons (Fsp3) is 0.174. The summed E-state index contributed by atoms with van der Waals surface area (Å²) in [6.07, 6.45) is 2.08. The SMILES string of the molecule is CCCCOc1ccc(-n2c(Nc3ccccc3)nc3cc(S(N)(=O)=O)ccc32)cc1. The lowest BCUT2D eigenvalue weighted by Gasteiger charge is -2.12. The first-order valence-electron chi connectivity index (χ1n) is 10.1. The quantitative estimate of drug-likeness (QED) is 0.394. The third-order valence-electron chi connectivity index (χ3n) is 4.85. The van der Waals surface area contributed by atoms with Crippen LogP contribution < -0.4 is 15.2 Å². The van der Waals surface area contributed by atoms with Gasteiger partial charge in [0.15, 0.2) is 0 Å². The first kappa shape index (κ1) is 20.9. The third-order valence-corrected chi connectivity index (χ3v) is 5.76. The summed E-state index contributed by atoms with van der Waals surface area (Å²) in [7, 11) is -3.82. The number of para-hydroxylation sites is 1. The maximum absolute atomic E-state index is 11.8. The van der Waals surface area contributed by atoms with Crippen LogP contribution in [0, 0.1) is 0 Å². The molecule has 3 aromatic carbocycles. The van der Waals surface area contributed by atoms with Crippen LogP contribution in [0.5, 0.6) is 5.75 Å². The van der Waals surface area contributed by atoms with Gasteiger partial charge in [-0.15, -0.1) is 0 Å². The van der Waals surface area contributed by atoms with Crippen molar-refractivity contribution in [2.75, 3.05) is 11.9 Å². The van der Waals surface area contributed by atoms with Crippen molar-refractivity contribution in [1.82, 2.24) is 9.55 Å². The van der Waals surface area contributed by atoms with E-state index in [4.69, 9.17) is 9.88 Å². The molecule has 0 bridgehead atoms. The maximum Gasteiger partial charge on any atom is 0.238 e. The number of rotatable bonds is 8. The lowest BCUT2D eigenvalue weighted by atomic mass is 10.2. The van der Waals surface area contributed by atoms with Crippen molar-refractivity contribution < 1.29 is 13.2 Å². The van der Waals surface area contributed by atoms with E-state index in [0.29, 0.717) is 18.1 Å². The van der Waals surface area contributed by atoms with E-state index in [1.165, 1.54) is 12.1 Å². The summed E-state index contributed by atoms with van der Waals surface area (Å²) in [5.74, 6) is 1.36. The zero-order chi connectivity index (χ0) is 21.8. The van der Waals surface area contributed by atoms with E-state index in [9.17, 15) is 8.42 Å². The molecule has 8 heteroatoms. The van der Waals surface area contributed by atoms with Crippen molar-refractivity contribution in [3.05, 3.63) is 72.8 Å². The molecule has 1 aromatic heterocycles. The highest BCUT2D eigenvalue weighted by Gasteiger charge is 2.16. The van der Waals surface area contributed by atoms with E-state index in [-0.39, 0.29) is 4.90 Å². The predicted octanol–water partition coefficient (Wildman–Crippen LogP) is 4.60. The molecule has 0 atom stereocenters. The van der Waals surface area contributed by atoms with Crippen molar-refractivity contribution in [2.45, 2.75) is 24.7 Å². The Hall–Kier alpha value is -3.36. The fourth-order valence-electron chi connectivity index (χ4n) is 3.26. The molecule has 7 nitrogen and oxygen atoms in total. The van der Waals surface area contributed by atoms with Gasteiger partial charge in [-0.25, -0.2) is 18.5 Å². The van der Waals surface area contributed by atoms with Crippen molar-refractivity contribution in [2.24, 2.45) is 5.14 Å². The predicted molar refractivity (Wildman–Crippen MR) is 123 cm³/mol. The molecule has 3 N–H and O–H groups in total. The molecule has 1 heterocycles. The number of ether oxygens (including phenoxy) is 1. The molecule has 4 aromatic rings. The third kappa shape index (κ3) is 4.70. The van der Waals surface area contributed by atoms with Crippen molar-refractivity contribution in [1.29, 1.82) is 0 Å². The van der Waals surface area contributed by atoms with Crippen LogP contribution in [0.25, 0.3) is 16.7 Å². The topological polar surface area (TPSA) is 99.2 Å². The number of sulfonamides is 1. The number of hydrogen-bond acceptors (Lipinski definition) is 5. The number of benzene rings is 3. The second-order valence-corrected chi connectivity index (χ2v) is 8.71. The summed E-state index contributed by atoms with van der Waals surface area (Å²) in [5.41, 5.74) is 3.01. The Labute approximate surface area is 181 Å². The number of aromatic nitrogens is 2. The lowest BCUT2D eigenvalue weighted by Crippen LogP contribution is -2.11. The highest BCUT2D eigenvalue weighted by molar-refractivity contribution is 7.89. The molecular weight excluding hydrogens is 412 g/mol. The Morgan fingerprint density at radius 1 is 1.03 bits per heavy atom. The van der Waals surface area contributed by atoms with Gasteiger partial charge in [0.25, 0.3) is 0 Å². The summed E-state index contributed by atoms with van der Waals surface area (Å²) < 4.78 is 31.3. The van der Waals surface area contributed by atoms with Gasteiger partial charge in [0.05, 0.1) is 22.5 Å². The Kier molecular flexibility index (Phi) is 5.92. The molecule has 31 heavy (non-hydrogen) atoms. The Morgan fingerprint density at radius 3 is 2.45 bits per heavy atom. The standard InChI is InChI=1S/C23H24N4O3S/c1-2-3-15-30-19-11-9-18(10-12-19)27-22-14-13-20(31(24,28)29)16-21(22)26-23(27)25-17-7-5-4-6-8-17/h4-14,16H,2-3,15H2,1H3,(H,25,26)(H2,24,28,29). The molecule has 4 rings (SSSR count). The summed E-state index contributed by atoms with van der Waals surface area (Å²) in [4.78, 5) is 4.67. The van der Waals surface area contributed by atoms with E-state index < -0.39 is 10.0 Å². The maximum atomic E-state index is 11.8. The second kappa shape index (κ2) is 8.79. The van der Waals surface area contributed by atoms with E-state index in [2.05, 4.69) is 17.2 Å². The zero-order valence-corrected chi connectivity index (χ0v) is 18.0. The van der Waals surface area contributed by atoms with Gasteiger partial charge in [0.2, 0.25) is 16.0 Å². The average molecular weight is 437 g/mol. The summed E-state index contributed by atoms with van der Waals surface area (Å²) in [6.45, 7) is 2.81. The van der Waals surface area contributed by atoms with E-state index in [1.807, 2.05) is 59.2 Å². The summed E-state index contributed by atoms with van der Waals surface area (Å²) in [6, 6.07) is 22.1. The molecule has 0 radical (unpaired) electrons. The monoisotopic (exact) mass is 436 g/mol. The van der Waals surface area contributed by atoms with Crippen LogP contribution in [-0.2, 0) is 10.0 Å². The molecule has 0 fully saturated rings. The van der Waals surface area contributed by atoms with E-state index >= 15 is 0 Å². The number of anilines is 2. The number of nitrogens with one attached hydrogen (secondary N) is 1. The first-order valence-corrected chi connectivity index (χ1v) is 11.6. The minimum Gasteiger partial charge on any atom is -0.494 e. The number of primary sulfonamides is 1. The molecule has 0 saturated heterocycles. The molecule has 0 spiro atoms. The zero-order valence-electron chi connectivity index (χ0n) is 17.2. The first-order chi connectivity index (χ1) is 15.0. The minimum atomic E-state index is -3.82. The minimum absolute atomic E-state index is 0.0237. The van der Waals surface area contributed by atoms with Gasteiger partial charge in [-0.05, 0) is 61.0 Å². The van der Waals surface area contributed by atoms with Crippen LogP contribution >= 0.6 is 0 Å². The molecule has 0 aliphatic heterocycles. The number of nitrogens with zero attached hydrogens (tertiary/aromatic N) is 2. The van der Waals surface area contributed by atoms with Crippen LogP contribution in [0.4, 0.5) is 11.6 Å². The highest BCUT2D eigenvalue weighted by Crippen LogP contribution is 2.29. The number of imidazole rings is 1. The van der Waals surface area contributed by atoms with Gasteiger partial charge >= 0.3 is 0 Å². The van der Waals surface area contributed by atoms with Crippen LogP contribution in [-0.4, -0.2) is 24.6 Å². The molecule has 0 aliphatic carbocycles. The largest absolute Gasteiger partial charge is 0.494 e. The highest BCUT2D eigenvalue weighted by atomic mass is 32.2. The van der Waals surface area contributed by atoms with Crippen LogP contribution in [0.1, 0.15) is 19.8 Å². The van der Waals surface area contributed by atoms with Crippen LogP contribution in [0.2, 0.25) is 0 Å². The van der Waals surface area contributed by atoms with Gasteiger partial charge in [0, 0.05) is 11.4 Å². The molecule has 160 valence electrons. The average Bonchev–Trinajstić information content (AvgIpc) is 3.11. The number of fused-ring (bicyclic) bond motifs is 1. The fourth-order valence-corrected chi connectivity index (χ4v) is 3.79. The van der Waals surface area contributed by atoms with Crippen LogP contribution in [0.3, 0.4) is 0 Å². The molecule has 0 aliphatic rings. The van der Waals surface area contributed by atoms with Gasteiger partial charge in [0.1, 0.15) is 5.75 Å². The van der Waals surface area contributed by atoms with Gasteiger partial charge < -0.3 is 10.1 Å². The van der Waals surface area contributed by atoms with Gasteiger partial charge in [-0.3, -0.25) is 4.57 Å². The number of nitrogens with two attached hydrogens (primary N) is 1. The Bertz CT molecular complexity index is 1280. The number of hydrogen-bond donors (Lipinski definition) is 2. The molecule has 0 amide bonds. The molecule has 0 saturated carbocycles. The number of unbranched alkanes of at least 4 members (excludes halogenated alkanes) is 1. The summed E-state index contributed by atoms with van der Waals surface area (Å²) in [5, 5.41) is 8.62. The van der Waals surface area contributed by atoms with Crippen molar-refractivity contribution in [3.63, 3.8) is 0 Å². The Balaban J connectivity index is 1.78. The normalized spacial score (nSPS) is 11.5. The van der Waals surface area contributed by atoms with Gasteiger partial charge in [-0.1, -0.05) is 31.5 Å². The van der Waals surface area contributed by atoms with Crippen molar-refractivity contribution >= 4 is 32.7 Å². The lowest BCUT2D eigenvalue weighted by molar-refractivity contribution is 0.309. The van der Waals surface area contributed by atoms with Crippen LogP contribution in [0.15, 0.2) is 77.7 Å². The Morgan fingerprint density at radius 2 is 1.77 bits per heavy atom.